The molecule has 0 saturated heterocycles. The molecule has 11 heavy (non-hydrogen) atoms. The quantitative estimate of drug-likeness (QED) is 0.579. The maximum atomic E-state index is 2.41. The summed E-state index contributed by atoms with van der Waals surface area (Å²) in [4.78, 5) is 0. The van der Waals surface area contributed by atoms with Gasteiger partial charge in [0.2, 0.25) is 0 Å². The van der Waals surface area contributed by atoms with Crippen LogP contribution in [0.1, 0.15) is 53.9 Å². The van der Waals surface area contributed by atoms with Crippen molar-refractivity contribution < 1.29 is 0 Å². The molecule has 1 saturated carbocycles. The Bertz CT molecular complexity index is 128. The first-order valence-electron chi connectivity index (χ1n) is 4.94. The summed E-state index contributed by atoms with van der Waals surface area (Å²) in [5.74, 6) is 0.981. The van der Waals surface area contributed by atoms with Crippen LogP contribution in [0.4, 0.5) is 0 Å². The third kappa shape index (κ3) is 1.21. The molecule has 0 heteroatoms. The molecule has 1 fully saturated rings. The molecule has 1 aliphatic rings. The van der Waals surface area contributed by atoms with Gasteiger partial charge in [0.25, 0.3) is 0 Å². The predicted octanol–water partition coefficient (Wildman–Crippen LogP) is 3.86. The van der Waals surface area contributed by atoms with Gasteiger partial charge in [0.1, 0.15) is 0 Å². The third-order valence-electron chi connectivity index (χ3n) is 4.17. The molecule has 0 radical (unpaired) electrons. The summed E-state index contributed by atoms with van der Waals surface area (Å²) < 4.78 is 0. The lowest BCUT2D eigenvalue weighted by Crippen LogP contribution is -1.95. The smallest absolute Gasteiger partial charge is 0.0266 e. The van der Waals surface area contributed by atoms with Gasteiger partial charge in [0, 0.05) is 0 Å². The van der Waals surface area contributed by atoms with E-state index in [1.165, 1.54) is 19.3 Å². The normalized spacial score (nSPS) is 27.0. The molecular formula is C11H22. The van der Waals surface area contributed by atoms with Crippen LogP contribution in [-0.4, -0.2) is 0 Å². The van der Waals surface area contributed by atoms with E-state index >= 15 is 0 Å². The van der Waals surface area contributed by atoms with E-state index in [4.69, 9.17) is 0 Å². The van der Waals surface area contributed by atoms with E-state index in [9.17, 15) is 0 Å². The van der Waals surface area contributed by atoms with Crippen LogP contribution in [0, 0.1) is 16.7 Å². The van der Waals surface area contributed by atoms with Crippen molar-refractivity contribution in [3.05, 3.63) is 0 Å². The molecule has 0 aliphatic heterocycles. The van der Waals surface area contributed by atoms with Gasteiger partial charge < -0.3 is 0 Å². The Morgan fingerprint density at radius 1 is 1.00 bits per heavy atom. The molecule has 0 unspecified atom stereocenters. The molecule has 0 nitrogen and oxygen atoms in total. The lowest BCUT2D eigenvalue weighted by Gasteiger charge is -2.04. The van der Waals surface area contributed by atoms with Crippen LogP contribution in [0.2, 0.25) is 0 Å². The minimum atomic E-state index is 0.613. The van der Waals surface area contributed by atoms with Gasteiger partial charge in [-0.15, -0.1) is 0 Å². The minimum absolute atomic E-state index is 0.613. The average Bonchev–Trinajstić information content (AvgIpc) is 2.23. The van der Waals surface area contributed by atoms with Crippen LogP contribution < -0.4 is 0 Å². The largest absolute Gasteiger partial charge is 0.0654 e. The van der Waals surface area contributed by atoms with Crippen molar-refractivity contribution in [2.75, 3.05) is 0 Å². The topological polar surface area (TPSA) is 0 Å². The van der Waals surface area contributed by atoms with Gasteiger partial charge in [-0.25, -0.2) is 0 Å². The lowest BCUT2D eigenvalue weighted by atomic mass is 10.0. The first-order valence-corrected chi connectivity index (χ1v) is 4.94. The molecule has 0 spiro atoms. The molecule has 1 rings (SSSR count). The van der Waals surface area contributed by atoms with Gasteiger partial charge in [0.15, 0.2) is 0 Å². The molecule has 0 aromatic carbocycles. The summed E-state index contributed by atoms with van der Waals surface area (Å²) in [6, 6.07) is 0. The molecule has 66 valence electrons. The zero-order valence-electron chi connectivity index (χ0n) is 8.70. The molecule has 0 N–H and O–H groups in total. The second-order valence-electron chi connectivity index (χ2n) is 5.14. The molecule has 0 bridgehead atoms. The Morgan fingerprint density at radius 3 is 1.73 bits per heavy atom. The van der Waals surface area contributed by atoms with E-state index in [-0.39, 0.29) is 0 Å². The lowest BCUT2D eigenvalue weighted by molar-refractivity contribution is 0.457. The Hall–Kier alpha value is 0. The molecule has 0 atom stereocenters. The molecular weight excluding hydrogens is 132 g/mol. The Labute approximate surface area is 71.4 Å². The van der Waals surface area contributed by atoms with Crippen LogP contribution in [0.15, 0.2) is 0 Å². The monoisotopic (exact) mass is 154 g/mol. The Kier molecular flexibility index (Phi) is 2.07. The van der Waals surface area contributed by atoms with Gasteiger partial charge in [-0.2, -0.15) is 0 Å². The van der Waals surface area contributed by atoms with E-state index in [1.54, 1.807) is 0 Å². The highest BCUT2D eigenvalue weighted by molar-refractivity contribution is 5.11. The highest BCUT2D eigenvalue weighted by Gasteiger charge is 2.63. The SMILES string of the molecule is CCCCC1C(C)(C)C1(C)C. The molecule has 0 amide bonds. The van der Waals surface area contributed by atoms with Crippen LogP contribution in [0.3, 0.4) is 0 Å². The molecule has 0 heterocycles. The van der Waals surface area contributed by atoms with Crippen molar-refractivity contribution >= 4 is 0 Å². The Morgan fingerprint density at radius 2 is 1.45 bits per heavy atom. The van der Waals surface area contributed by atoms with Crippen molar-refractivity contribution in [3.8, 4) is 0 Å². The first kappa shape index (κ1) is 9.09. The number of hydrogen-bond donors (Lipinski definition) is 0. The predicted molar refractivity (Wildman–Crippen MR) is 50.6 cm³/mol. The van der Waals surface area contributed by atoms with E-state index in [2.05, 4.69) is 34.6 Å². The molecule has 1 aliphatic carbocycles. The van der Waals surface area contributed by atoms with E-state index in [1.807, 2.05) is 0 Å². The van der Waals surface area contributed by atoms with Gasteiger partial charge in [0.05, 0.1) is 0 Å². The summed E-state index contributed by atoms with van der Waals surface area (Å²) in [5, 5.41) is 0. The standard InChI is InChI=1S/C11H22/c1-6-7-8-9-10(2,3)11(9,4)5/h9H,6-8H2,1-5H3. The van der Waals surface area contributed by atoms with Crippen LogP contribution >= 0.6 is 0 Å². The maximum absolute atomic E-state index is 2.41. The van der Waals surface area contributed by atoms with Crippen molar-refractivity contribution in [2.24, 2.45) is 16.7 Å². The van der Waals surface area contributed by atoms with E-state index in [0.717, 1.165) is 5.92 Å². The highest BCUT2D eigenvalue weighted by atomic mass is 14.7. The van der Waals surface area contributed by atoms with Crippen molar-refractivity contribution in [1.29, 1.82) is 0 Å². The zero-order valence-corrected chi connectivity index (χ0v) is 8.70. The second kappa shape index (κ2) is 2.50. The second-order valence-corrected chi connectivity index (χ2v) is 5.14. The number of unbranched alkanes of at least 4 members (excludes halogenated alkanes) is 1. The summed E-state index contributed by atoms with van der Waals surface area (Å²) in [5.41, 5.74) is 1.23. The van der Waals surface area contributed by atoms with E-state index < -0.39 is 0 Å². The highest BCUT2D eigenvalue weighted by Crippen LogP contribution is 2.70. The maximum Gasteiger partial charge on any atom is -0.0266 e. The third-order valence-corrected chi connectivity index (χ3v) is 4.17. The van der Waals surface area contributed by atoms with E-state index in [0.29, 0.717) is 10.8 Å². The van der Waals surface area contributed by atoms with Crippen LogP contribution in [-0.2, 0) is 0 Å². The van der Waals surface area contributed by atoms with Gasteiger partial charge in [-0.3, -0.25) is 0 Å². The summed E-state index contributed by atoms with van der Waals surface area (Å²) >= 11 is 0. The first-order chi connectivity index (χ1) is 4.94. The van der Waals surface area contributed by atoms with Crippen molar-refractivity contribution in [1.82, 2.24) is 0 Å². The van der Waals surface area contributed by atoms with Crippen molar-refractivity contribution in [3.63, 3.8) is 0 Å². The van der Waals surface area contributed by atoms with Gasteiger partial charge in [-0.1, -0.05) is 47.5 Å². The summed E-state index contributed by atoms with van der Waals surface area (Å²) in [7, 11) is 0. The Balaban J connectivity index is 2.41. The van der Waals surface area contributed by atoms with Crippen LogP contribution in [0.25, 0.3) is 0 Å². The average molecular weight is 154 g/mol. The molecule has 0 aromatic heterocycles. The van der Waals surface area contributed by atoms with Gasteiger partial charge >= 0.3 is 0 Å². The number of hydrogen-bond acceptors (Lipinski definition) is 0. The minimum Gasteiger partial charge on any atom is -0.0654 e. The van der Waals surface area contributed by atoms with Gasteiger partial charge in [-0.05, 0) is 23.2 Å². The molecule has 0 aromatic rings. The summed E-state index contributed by atoms with van der Waals surface area (Å²) in [6.45, 7) is 11.9. The zero-order chi connectivity index (χ0) is 8.70. The fourth-order valence-electron chi connectivity index (χ4n) is 2.46. The van der Waals surface area contributed by atoms with Crippen LogP contribution in [0.5, 0.6) is 0 Å². The number of rotatable bonds is 3. The summed E-state index contributed by atoms with van der Waals surface area (Å²) in [6.07, 6.45) is 4.21. The van der Waals surface area contributed by atoms with Crippen molar-refractivity contribution in [2.45, 2.75) is 53.9 Å². The fraction of sp³-hybridized carbons (Fsp3) is 1.00. The fourth-order valence-corrected chi connectivity index (χ4v) is 2.46.